The normalized spacial score (nSPS) is 12.8. The molecule has 7 heteroatoms. The molecule has 0 spiro atoms. The zero-order valence-electron chi connectivity index (χ0n) is 19.0. The van der Waals surface area contributed by atoms with Crippen molar-refractivity contribution >= 4 is 28.3 Å². The zero-order chi connectivity index (χ0) is 23.3. The topological polar surface area (TPSA) is 80.3 Å². The van der Waals surface area contributed by atoms with Crippen LogP contribution in [-0.4, -0.2) is 22.9 Å². The Hall–Kier alpha value is -3.19. The first kappa shape index (κ1) is 23.5. The summed E-state index contributed by atoms with van der Waals surface area (Å²) in [5.41, 5.74) is 3.90. The Balaban J connectivity index is 1.61. The number of thiazole rings is 1. The summed E-state index contributed by atoms with van der Waals surface area (Å²) in [7, 11) is 0. The highest BCUT2D eigenvalue weighted by atomic mass is 32.1. The van der Waals surface area contributed by atoms with Gasteiger partial charge in [-0.1, -0.05) is 50.2 Å². The number of carbonyl (C=O) groups excluding carboxylic acids is 2. The fourth-order valence-electron chi connectivity index (χ4n) is 3.21. The van der Waals surface area contributed by atoms with Crippen LogP contribution < -0.4 is 15.4 Å². The van der Waals surface area contributed by atoms with E-state index in [1.807, 2.05) is 60.8 Å². The van der Waals surface area contributed by atoms with E-state index in [0.29, 0.717) is 16.8 Å². The van der Waals surface area contributed by atoms with Crippen LogP contribution in [0, 0.1) is 0 Å². The van der Waals surface area contributed by atoms with E-state index >= 15 is 0 Å². The van der Waals surface area contributed by atoms with Gasteiger partial charge in [-0.3, -0.25) is 14.9 Å². The lowest BCUT2D eigenvalue weighted by Gasteiger charge is -2.15. The molecule has 2 amide bonds. The molecule has 3 aromatic rings. The molecule has 0 fully saturated rings. The smallest absolute Gasteiger partial charge is 0.266 e. The predicted octanol–water partition coefficient (Wildman–Crippen LogP) is 5.54. The van der Waals surface area contributed by atoms with E-state index < -0.39 is 6.10 Å². The zero-order valence-corrected chi connectivity index (χ0v) is 19.8. The van der Waals surface area contributed by atoms with Crippen molar-refractivity contribution in [2.75, 3.05) is 5.32 Å². The largest absolute Gasteiger partial charge is 0.481 e. The van der Waals surface area contributed by atoms with Gasteiger partial charge in [0.25, 0.3) is 5.91 Å². The molecule has 3 rings (SSSR count). The summed E-state index contributed by atoms with van der Waals surface area (Å²) < 4.78 is 5.83. The van der Waals surface area contributed by atoms with E-state index in [9.17, 15) is 9.59 Å². The molecule has 0 saturated carbocycles. The van der Waals surface area contributed by atoms with Crippen molar-refractivity contribution in [1.29, 1.82) is 0 Å². The first-order valence-corrected chi connectivity index (χ1v) is 11.5. The number of hydrogen-bond donors (Lipinski definition) is 2. The maximum atomic E-state index is 12.6. The van der Waals surface area contributed by atoms with Gasteiger partial charge in [0.05, 0.1) is 11.7 Å². The third-order valence-electron chi connectivity index (χ3n) is 5.07. The molecule has 0 aliphatic rings. The predicted molar refractivity (Wildman–Crippen MR) is 129 cm³/mol. The SMILES string of the molecule is CC(=O)NC(C)c1ccc(-c2csc(NC(=O)C(C)Oc3cccc(C(C)C)c3)n2)cc1. The molecule has 32 heavy (non-hydrogen) atoms. The summed E-state index contributed by atoms with van der Waals surface area (Å²) >= 11 is 1.37. The molecule has 0 radical (unpaired) electrons. The Morgan fingerprint density at radius 2 is 1.72 bits per heavy atom. The van der Waals surface area contributed by atoms with Crippen LogP contribution >= 0.6 is 11.3 Å². The van der Waals surface area contributed by atoms with Crippen LogP contribution in [0.15, 0.2) is 53.9 Å². The molecule has 0 saturated heterocycles. The molecule has 6 nitrogen and oxygen atoms in total. The molecule has 1 aromatic heterocycles. The van der Waals surface area contributed by atoms with Gasteiger partial charge < -0.3 is 10.1 Å². The van der Waals surface area contributed by atoms with Gasteiger partial charge >= 0.3 is 0 Å². The number of amides is 2. The van der Waals surface area contributed by atoms with Crippen molar-refractivity contribution in [2.24, 2.45) is 0 Å². The Labute approximate surface area is 193 Å². The summed E-state index contributed by atoms with van der Waals surface area (Å²) in [4.78, 5) is 28.4. The van der Waals surface area contributed by atoms with Crippen LogP contribution in [0.5, 0.6) is 5.75 Å². The van der Waals surface area contributed by atoms with Crippen LogP contribution in [0.1, 0.15) is 57.7 Å². The number of nitrogens with zero attached hydrogens (tertiary/aromatic N) is 1. The highest BCUT2D eigenvalue weighted by Crippen LogP contribution is 2.27. The van der Waals surface area contributed by atoms with Crippen molar-refractivity contribution in [2.45, 2.75) is 52.7 Å². The highest BCUT2D eigenvalue weighted by molar-refractivity contribution is 7.14. The van der Waals surface area contributed by atoms with E-state index in [1.165, 1.54) is 18.3 Å². The molecule has 2 unspecified atom stereocenters. The fourth-order valence-corrected chi connectivity index (χ4v) is 3.93. The Morgan fingerprint density at radius 1 is 1.00 bits per heavy atom. The molecule has 0 aliphatic carbocycles. The van der Waals surface area contributed by atoms with E-state index in [-0.39, 0.29) is 17.9 Å². The van der Waals surface area contributed by atoms with E-state index in [4.69, 9.17) is 4.74 Å². The number of nitrogens with one attached hydrogen (secondary N) is 2. The minimum atomic E-state index is -0.653. The lowest BCUT2D eigenvalue weighted by atomic mass is 10.0. The molecule has 2 aromatic carbocycles. The molecular weight excluding hydrogens is 422 g/mol. The number of hydrogen-bond acceptors (Lipinski definition) is 5. The molecule has 1 heterocycles. The molecule has 0 bridgehead atoms. The van der Waals surface area contributed by atoms with Gasteiger partial charge in [0.15, 0.2) is 11.2 Å². The second kappa shape index (κ2) is 10.4. The quantitative estimate of drug-likeness (QED) is 0.471. The van der Waals surface area contributed by atoms with Gasteiger partial charge in [-0.05, 0) is 43.0 Å². The maximum Gasteiger partial charge on any atom is 0.266 e. The maximum absolute atomic E-state index is 12.6. The van der Waals surface area contributed by atoms with Crippen LogP contribution in [0.3, 0.4) is 0 Å². The third kappa shape index (κ3) is 6.17. The first-order valence-electron chi connectivity index (χ1n) is 10.6. The minimum Gasteiger partial charge on any atom is -0.481 e. The summed E-state index contributed by atoms with van der Waals surface area (Å²) in [6, 6.07) is 15.6. The van der Waals surface area contributed by atoms with Crippen LogP contribution in [0.4, 0.5) is 5.13 Å². The minimum absolute atomic E-state index is 0.0606. The van der Waals surface area contributed by atoms with E-state index in [0.717, 1.165) is 22.4 Å². The third-order valence-corrected chi connectivity index (χ3v) is 5.83. The van der Waals surface area contributed by atoms with Gasteiger partial charge in [0.2, 0.25) is 5.91 Å². The number of benzene rings is 2. The summed E-state index contributed by atoms with van der Waals surface area (Å²) in [6.45, 7) is 9.40. The average molecular weight is 452 g/mol. The second-order valence-electron chi connectivity index (χ2n) is 8.06. The van der Waals surface area contributed by atoms with Gasteiger partial charge in [0.1, 0.15) is 5.75 Å². The Kier molecular flexibility index (Phi) is 7.64. The Morgan fingerprint density at radius 3 is 2.38 bits per heavy atom. The van der Waals surface area contributed by atoms with Gasteiger partial charge in [-0.2, -0.15) is 0 Å². The monoisotopic (exact) mass is 451 g/mol. The highest BCUT2D eigenvalue weighted by Gasteiger charge is 2.17. The first-order chi connectivity index (χ1) is 15.2. The van der Waals surface area contributed by atoms with Crippen molar-refractivity contribution in [1.82, 2.24) is 10.3 Å². The van der Waals surface area contributed by atoms with Crippen LogP contribution in [0.25, 0.3) is 11.3 Å². The number of anilines is 1. The van der Waals surface area contributed by atoms with Gasteiger partial charge in [-0.15, -0.1) is 11.3 Å². The van der Waals surface area contributed by atoms with Crippen LogP contribution in [0.2, 0.25) is 0 Å². The van der Waals surface area contributed by atoms with Crippen LogP contribution in [-0.2, 0) is 9.59 Å². The summed E-state index contributed by atoms with van der Waals surface area (Å²) in [5.74, 6) is 0.749. The average Bonchev–Trinajstić information content (AvgIpc) is 3.22. The molecule has 2 N–H and O–H groups in total. The van der Waals surface area contributed by atoms with Crippen molar-refractivity contribution in [3.63, 3.8) is 0 Å². The number of rotatable bonds is 8. The number of aromatic nitrogens is 1. The van der Waals surface area contributed by atoms with E-state index in [1.54, 1.807) is 6.92 Å². The lowest BCUT2D eigenvalue weighted by molar-refractivity contribution is -0.122. The molecular formula is C25H29N3O3S. The van der Waals surface area contributed by atoms with E-state index in [2.05, 4.69) is 29.5 Å². The Bertz CT molecular complexity index is 1080. The lowest BCUT2D eigenvalue weighted by Crippen LogP contribution is -2.30. The van der Waals surface area contributed by atoms with Crippen molar-refractivity contribution in [3.8, 4) is 17.0 Å². The fraction of sp³-hybridized carbons (Fsp3) is 0.320. The molecule has 0 aliphatic heterocycles. The molecule has 2 atom stereocenters. The van der Waals surface area contributed by atoms with Gasteiger partial charge in [0, 0.05) is 17.9 Å². The number of ether oxygens (including phenoxy) is 1. The summed E-state index contributed by atoms with van der Waals surface area (Å²) in [5, 5.41) is 8.13. The standard InChI is InChI=1S/C25H29N3O3S/c1-15(2)21-7-6-8-22(13-21)31-17(4)24(30)28-25-27-23(14-32-25)20-11-9-19(10-12-20)16(3)26-18(5)29/h6-17H,1-5H3,(H,26,29)(H,27,28,30). The van der Waals surface area contributed by atoms with Crippen molar-refractivity contribution < 1.29 is 14.3 Å². The summed E-state index contributed by atoms with van der Waals surface area (Å²) in [6.07, 6.45) is -0.653. The van der Waals surface area contributed by atoms with Crippen molar-refractivity contribution in [3.05, 3.63) is 65.0 Å². The molecule has 168 valence electrons. The number of carbonyl (C=O) groups is 2. The second-order valence-corrected chi connectivity index (χ2v) is 8.92. The van der Waals surface area contributed by atoms with Gasteiger partial charge in [-0.25, -0.2) is 4.98 Å².